The zero-order chi connectivity index (χ0) is 16.4. The highest BCUT2D eigenvalue weighted by atomic mass is 79.9. The van der Waals surface area contributed by atoms with Gasteiger partial charge in [0.2, 0.25) is 0 Å². The van der Waals surface area contributed by atoms with Gasteiger partial charge < -0.3 is 10.1 Å². The Kier molecular flexibility index (Phi) is 6.04. The molecule has 4 nitrogen and oxygen atoms in total. The number of aryl methyl sites for hydroxylation is 1. The number of rotatable bonds is 5. The first-order valence-electron chi connectivity index (χ1n) is 8.03. The third-order valence-corrected chi connectivity index (χ3v) is 5.04. The van der Waals surface area contributed by atoms with Gasteiger partial charge >= 0.3 is 5.97 Å². The van der Waals surface area contributed by atoms with Gasteiger partial charge in [-0.3, -0.25) is 4.79 Å². The lowest BCUT2D eigenvalue weighted by Gasteiger charge is -2.19. The molecule has 130 valence electrons. The fraction of sp³-hybridized carbons (Fsp3) is 0.444. The highest BCUT2D eigenvalue weighted by molar-refractivity contribution is 8.93. The molecule has 2 unspecified atom stereocenters. The molecule has 2 heterocycles. The molecular weight excluding hydrogens is 388 g/mol. The lowest BCUT2D eigenvalue weighted by atomic mass is 9.91. The zero-order valence-electron chi connectivity index (χ0n) is 14.2. The molecule has 1 aliphatic rings. The van der Waals surface area contributed by atoms with Gasteiger partial charge in [0.05, 0.1) is 11.6 Å². The minimum Gasteiger partial charge on any atom is -0.453 e. The minimum atomic E-state index is -0.597. The Morgan fingerprint density at radius 3 is 2.75 bits per heavy atom. The second-order valence-electron chi connectivity index (χ2n) is 6.37. The van der Waals surface area contributed by atoms with E-state index in [-0.39, 0.29) is 28.9 Å². The quantitative estimate of drug-likeness (QED) is 0.674. The lowest BCUT2D eigenvalue weighted by Crippen LogP contribution is -2.21. The molecule has 24 heavy (non-hydrogen) atoms. The zero-order valence-corrected chi connectivity index (χ0v) is 16.7. The molecule has 0 amide bonds. The lowest BCUT2D eigenvalue weighted by molar-refractivity contribution is -0.150. The summed E-state index contributed by atoms with van der Waals surface area (Å²) >= 11 is 1.54. The average molecular weight is 411 g/mol. The number of thiazole rings is 1. The van der Waals surface area contributed by atoms with E-state index in [2.05, 4.69) is 36.3 Å². The number of halogens is 1. The van der Waals surface area contributed by atoms with E-state index < -0.39 is 5.60 Å². The van der Waals surface area contributed by atoms with Crippen molar-refractivity contribution in [2.24, 2.45) is 5.92 Å². The van der Waals surface area contributed by atoms with Crippen LogP contribution in [0.4, 0.5) is 10.8 Å². The third-order valence-electron chi connectivity index (χ3n) is 4.28. The largest absolute Gasteiger partial charge is 0.453 e. The van der Waals surface area contributed by atoms with Crippen LogP contribution in [0.1, 0.15) is 44.4 Å². The van der Waals surface area contributed by atoms with Crippen LogP contribution in [0.2, 0.25) is 0 Å². The van der Waals surface area contributed by atoms with Crippen molar-refractivity contribution in [3.63, 3.8) is 0 Å². The second-order valence-corrected chi connectivity index (χ2v) is 7.23. The number of carbonyl (C=O) groups excluding carboxylic acids is 1. The molecule has 1 aromatic carbocycles. The predicted octanol–water partition coefficient (Wildman–Crippen LogP) is 5.35. The molecule has 2 aromatic rings. The van der Waals surface area contributed by atoms with Crippen molar-refractivity contribution in [1.82, 2.24) is 4.98 Å². The van der Waals surface area contributed by atoms with Crippen molar-refractivity contribution in [1.29, 1.82) is 0 Å². The van der Waals surface area contributed by atoms with Gasteiger partial charge in [0.25, 0.3) is 0 Å². The molecule has 0 saturated carbocycles. The SMILES string of the molecule is Br.CCCC1CC(C)(c2csc(Nc3ccc(C)cc3)n2)OC1=O. The Morgan fingerprint density at radius 1 is 1.38 bits per heavy atom. The molecule has 1 saturated heterocycles. The number of ether oxygens (including phenoxy) is 1. The molecule has 6 heteroatoms. The van der Waals surface area contributed by atoms with Crippen LogP contribution in [-0.2, 0) is 15.1 Å². The normalized spacial score (nSPS) is 22.8. The summed E-state index contributed by atoms with van der Waals surface area (Å²) in [4.78, 5) is 16.7. The first-order chi connectivity index (χ1) is 11.0. The molecule has 1 N–H and O–H groups in total. The Balaban J connectivity index is 0.00000208. The van der Waals surface area contributed by atoms with E-state index >= 15 is 0 Å². The predicted molar refractivity (Wildman–Crippen MR) is 103 cm³/mol. The van der Waals surface area contributed by atoms with Gasteiger partial charge in [0.1, 0.15) is 0 Å². The molecule has 0 spiro atoms. The first-order valence-corrected chi connectivity index (χ1v) is 8.90. The molecule has 1 aromatic heterocycles. The summed E-state index contributed by atoms with van der Waals surface area (Å²) in [6.07, 6.45) is 2.59. The van der Waals surface area contributed by atoms with Crippen LogP contribution in [0, 0.1) is 12.8 Å². The van der Waals surface area contributed by atoms with Gasteiger partial charge in [-0.05, 0) is 32.4 Å². The summed E-state index contributed by atoms with van der Waals surface area (Å²) in [5, 5.41) is 6.11. The van der Waals surface area contributed by atoms with Crippen molar-refractivity contribution in [3.05, 3.63) is 40.9 Å². The summed E-state index contributed by atoms with van der Waals surface area (Å²) in [6, 6.07) is 8.19. The molecule has 1 aliphatic heterocycles. The number of nitrogens with zero attached hydrogens (tertiary/aromatic N) is 1. The monoisotopic (exact) mass is 410 g/mol. The molecular formula is C18H23BrN2O2S. The number of benzene rings is 1. The Morgan fingerprint density at radius 2 is 2.08 bits per heavy atom. The number of anilines is 2. The van der Waals surface area contributed by atoms with Crippen LogP contribution in [0.25, 0.3) is 0 Å². The first kappa shape index (κ1) is 18.9. The molecule has 2 atom stereocenters. The number of cyclic esters (lactones) is 1. The maximum atomic E-state index is 12.0. The summed E-state index contributed by atoms with van der Waals surface area (Å²) in [5.41, 5.74) is 2.47. The van der Waals surface area contributed by atoms with E-state index in [1.54, 1.807) is 0 Å². The van der Waals surface area contributed by atoms with E-state index in [0.717, 1.165) is 29.4 Å². The van der Waals surface area contributed by atoms with Crippen molar-refractivity contribution in [2.75, 3.05) is 5.32 Å². The number of aromatic nitrogens is 1. The number of hydrogen-bond donors (Lipinski definition) is 1. The van der Waals surface area contributed by atoms with Crippen LogP contribution >= 0.6 is 28.3 Å². The number of hydrogen-bond acceptors (Lipinski definition) is 5. The van der Waals surface area contributed by atoms with Crippen LogP contribution in [-0.4, -0.2) is 11.0 Å². The van der Waals surface area contributed by atoms with E-state index in [4.69, 9.17) is 4.74 Å². The van der Waals surface area contributed by atoms with E-state index in [1.165, 1.54) is 16.9 Å². The smallest absolute Gasteiger partial charge is 0.310 e. The minimum absolute atomic E-state index is 0. The van der Waals surface area contributed by atoms with Crippen LogP contribution in [0.3, 0.4) is 0 Å². The van der Waals surface area contributed by atoms with Gasteiger partial charge in [-0.25, -0.2) is 4.98 Å². The average Bonchev–Trinajstić information content (AvgIpc) is 3.08. The molecule has 0 bridgehead atoms. The summed E-state index contributed by atoms with van der Waals surface area (Å²) in [5.74, 6) is -0.0874. The van der Waals surface area contributed by atoms with Crippen molar-refractivity contribution >= 4 is 45.1 Å². The third kappa shape index (κ3) is 3.98. The summed E-state index contributed by atoms with van der Waals surface area (Å²) < 4.78 is 5.66. The maximum Gasteiger partial charge on any atom is 0.310 e. The van der Waals surface area contributed by atoms with Gasteiger partial charge in [-0.1, -0.05) is 31.0 Å². The van der Waals surface area contributed by atoms with Crippen LogP contribution in [0.15, 0.2) is 29.6 Å². The van der Waals surface area contributed by atoms with E-state index in [1.807, 2.05) is 24.4 Å². The molecule has 3 rings (SSSR count). The van der Waals surface area contributed by atoms with E-state index in [0.29, 0.717) is 6.42 Å². The van der Waals surface area contributed by atoms with Gasteiger partial charge in [0, 0.05) is 17.5 Å². The fourth-order valence-electron chi connectivity index (χ4n) is 2.96. The second kappa shape index (κ2) is 7.66. The fourth-order valence-corrected chi connectivity index (χ4v) is 3.81. The topological polar surface area (TPSA) is 51.2 Å². The number of nitrogens with one attached hydrogen (secondary N) is 1. The van der Waals surface area contributed by atoms with Crippen molar-refractivity contribution < 1.29 is 9.53 Å². The number of esters is 1. The van der Waals surface area contributed by atoms with Crippen molar-refractivity contribution in [3.8, 4) is 0 Å². The Bertz CT molecular complexity index is 701. The maximum absolute atomic E-state index is 12.0. The molecule has 1 fully saturated rings. The van der Waals surface area contributed by atoms with Crippen LogP contribution in [0.5, 0.6) is 0 Å². The van der Waals surface area contributed by atoms with Gasteiger partial charge in [-0.15, -0.1) is 28.3 Å². The summed E-state index contributed by atoms with van der Waals surface area (Å²) in [7, 11) is 0. The van der Waals surface area contributed by atoms with Gasteiger partial charge in [-0.2, -0.15) is 0 Å². The molecule has 0 aliphatic carbocycles. The van der Waals surface area contributed by atoms with Crippen LogP contribution < -0.4 is 5.32 Å². The highest BCUT2D eigenvalue weighted by Crippen LogP contribution is 2.42. The highest BCUT2D eigenvalue weighted by Gasteiger charge is 2.45. The molecule has 0 radical (unpaired) electrons. The Labute approximate surface area is 157 Å². The summed E-state index contributed by atoms with van der Waals surface area (Å²) in [6.45, 7) is 6.12. The van der Waals surface area contributed by atoms with Crippen molar-refractivity contribution in [2.45, 2.75) is 45.6 Å². The standard InChI is InChI=1S/C18H22N2O2S.BrH/c1-4-5-13-10-18(3,22-16(13)21)15-11-23-17(20-15)19-14-8-6-12(2)7-9-14;/h6-9,11,13H,4-5,10H2,1-3H3,(H,19,20);1H. The van der Waals surface area contributed by atoms with E-state index in [9.17, 15) is 4.79 Å². The number of carbonyl (C=O) groups is 1. The Hall–Kier alpha value is -1.40. The van der Waals surface area contributed by atoms with Gasteiger partial charge in [0.15, 0.2) is 10.7 Å².